The summed E-state index contributed by atoms with van der Waals surface area (Å²) >= 11 is 0. The van der Waals surface area contributed by atoms with Gasteiger partial charge in [-0.2, -0.15) is 5.10 Å². The topological polar surface area (TPSA) is 99.3 Å². The summed E-state index contributed by atoms with van der Waals surface area (Å²) in [7, 11) is 1.59. The van der Waals surface area contributed by atoms with Gasteiger partial charge in [-0.25, -0.2) is 4.68 Å². The molecule has 0 saturated heterocycles. The van der Waals surface area contributed by atoms with Crippen LogP contribution in [0.3, 0.4) is 0 Å². The molecule has 0 aliphatic carbocycles. The predicted octanol–water partition coefficient (Wildman–Crippen LogP) is 4.23. The van der Waals surface area contributed by atoms with Crippen LogP contribution in [0.4, 0.5) is 5.69 Å². The minimum absolute atomic E-state index is 0.0258. The zero-order valence-corrected chi connectivity index (χ0v) is 17.3. The average molecular weight is 408 g/mol. The Bertz CT molecular complexity index is 1040. The fourth-order valence-corrected chi connectivity index (χ4v) is 2.81. The number of nitrogens with zero attached hydrogens (tertiary/aromatic N) is 3. The third kappa shape index (κ3) is 4.48. The van der Waals surface area contributed by atoms with Crippen LogP contribution in [0.15, 0.2) is 54.6 Å². The van der Waals surface area contributed by atoms with Gasteiger partial charge in [0.1, 0.15) is 11.4 Å². The maximum atomic E-state index is 13.0. The van der Waals surface area contributed by atoms with Crippen molar-refractivity contribution >= 4 is 11.6 Å². The quantitative estimate of drug-likeness (QED) is 0.466. The molecular weight excluding hydrogens is 384 g/mol. The van der Waals surface area contributed by atoms with E-state index in [1.807, 2.05) is 45.0 Å². The lowest BCUT2D eigenvalue weighted by Crippen LogP contribution is -2.37. The summed E-state index contributed by atoms with van der Waals surface area (Å²) in [5.41, 5.74) is 2.31. The molecule has 8 nitrogen and oxygen atoms in total. The maximum Gasteiger partial charge on any atom is 0.270 e. The molecule has 3 aromatic rings. The number of aromatic nitrogens is 2. The molecular formula is C22H24N4O4. The monoisotopic (exact) mass is 408 g/mol. The molecule has 156 valence electrons. The van der Waals surface area contributed by atoms with Gasteiger partial charge in [-0.1, -0.05) is 13.8 Å². The first-order valence-electron chi connectivity index (χ1n) is 9.60. The SMILES string of the molecule is COc1ccc(-c2cc(C(=O)N[C@H](C)C(C)C)n(-c3ccc([N+](=O)[O-])cc3)n2)cc1. The van der Waals surface area contributed by atoms with Crippen molar-refractivity contribution in [1.29, 1.82) is 0 Å². The molecule has 0 fully saturated rings. The highest BCUT2D eigenvalue weighted by Gasteiger charge is 2.20. The van der Waals surface area contributed by atoms with Gasteiger partial charge in [0, 0.05) is 23.7 Å². The van der Waals surface area contributed by atoms with Crippen molar-refractivity contribution in [3.8, 4) is 22.7 Å². The molecule has 30 heavy (non-hydrogen) atoms. The Morgan fingerprint density at radius 1 is 1.10 bits per heavy atom. The molecule has 0 spiro atoms. The Morgan fingerprint density at radius 2 is 1.73 bits per heavy atom. The van der Waals surface area contributed by atoms with E-state index in [4.69, 9.17) is 4.74 Å². The third-order valence-corrected chi connectivity index (χ3v) is 4.99. The van der Waals surface area contributed by atoms with E-state index in [1.54, 1.807) is 25.3 Å². The van der Waals surface area contributed by atoms with E-state index in [1.165, 1.54) is 16.8 Å². The number of nitrogens with one attached hydrogen (secondary N) is 1. The summed E-state index contributed by atoms with van der Waals surface area (Å²) in [5, 5.41) is 18.5. The molecule has 0 aliphatic rings. The lowest BCUT2D eigenvalue weighted by atomic mass is 10.1. The van der Waals surface area contributed by atoms with Crippen LogP contribution in [0.1, 0.15) is 31.3 Å². The zero-order valence-electron chi connectivity index (χ0n) is 17.3. The van der Waals surface area contributed by atoms with E-state index >= 15 is 0 Å². The van der Waals surface area contributed by atoms with Crippen LogP contribution in [-0.4, -0.2) is 33.8 Å². The Morgan fingerprint density at radius 3 is 2.27 bits per heavy atom. The molecule has 0 saturated carbocycles. The number of rotatable bonds is 7. The van der Waals surface area contributed by atoms with Crippen LogP contribution in [0, 0.1) is 16.0 Å². The summed E-state index contributed by atoms with van der Waals surface area (Å²) in [5.74, 6) is 0.727. The van der Waals surface area contributed by atoms with E-state index in [2.05, 4.69) is 10.4 Å². The number of carbonyl (C=O) groups excluding carboxylic acids is 1. The van der Waals surface area contributed by atoms with Crippen LogP contribution >= 0.6 is 0 Å². The molecule has 1 heterocycles. The number of hydrogen-bond acceptors (Lipinski definition) is 5. The number of amides is 1. The summed E-state index contributed by atoms with van der Waals surface area (Å²) < 4.78 is 6.70. The molecule has 0 bridgehead atoms. The molecule has 3 rings (SSSR count). The van der Waals surface area contributed by atoms with Crippen molar-refractivity contribution in [1.82, 2.24) is 15.1 Å². The van der Waals surface area contributed by atoms with Gasteiger partial charge in [-0.05, 0) is 55.3 Å². The first-order valence-corrected chi connectivity index (χ1v) is 9.60. The van der Waals surface area contributed by atoms with Gasteiger partial charge in [0.15, 0.2) is 0 Å². The maximum absolute atomic E-state index is 13.0. The van der Waals surface area contributed by atoms with Crippen molar-refractivity contribution in [2.45, 2.75) is 26.8 Å². The Kier molecular flexibility index (Phi) is 6.15. The Labute approximate surface area is 174 Å². The second-order valence-electron chi connectivity index (χ2n) is 7.33. The molecule has 1 atom stereocenters. The third-order valence-electron chi connectivity index (χ3n) is 4.99. The molecule has 0 unspecified atom stereocenters. The molecule has 1 N–H and O–H groups in total. The minimum Gasteiger partial charge on any atom is -0.497 e. The van der Waals surface area contributed by atoms with Crippen molar-refractivity contribution in [3.05, 3.63) is 70.4 Å². The number of hydrogen-bond donors (Lipinski definition) is 1. The first kappa shape index (κ1) is 21.0. The van der Waals surface area contributed by atoms with Gasteiger partial charge in [0.2, 0.25) is 0 Å². The number of ether oxygens (including phenoxy) is 1. The highest BCUT2D eigenvalue weighted by atomic mass is 16.6. The fourth-order valence-electron chi connectivity index (χ4n) is 2.81. The Balaban J connectivity index is 2.04. The van der Waals surface area contributed by atoms with E-state index in [0.29, 0.717) is 17.1 Å². The van der Waals surface area contributed by atoms with Crippen molar-refractivity contribution < 1.29 is 14.5 Å². The number of nitro groups is 1. The van der Waals surface area contributed by atoms with E-state index in [9.17, 15) is 14.9 Å². The van der Waals surface area contributed by atoms with E-state index in [-0.39, 0.29) is 23.6 Å². The lowest BCUT2D eigenvalue weighted by molar-refractivity contribution is -0.384. The number of benzene rings is 2. The van der Waals surface area contributed by atoms with Gasteiger partial charge in [-0.3, -0.25) is 14.9 Å². The number of nitro benzene ring substituents is 1. The van der Waals surface area contributed by atoms with Crippen LogP contribution in [0.2, 0.25) is 0 Å². The Hall–Kier alpha value is -3.68. The van der Waals surface area contributed by atoms with Gasteiger partial charge in [0.25, 0.3) is 11.6 Å². The van der Waals surface area contributed by atoms with Crippen LogP contribution in [-0.2, 0) is 0 Å². The van der Waals surface area contributed by atoms with Crippen LogP contribution in [0.25, 0.3) is 16.9 Å². The minimum atomic E-state index is -0.465. The van der Waals surface area contributed by atoms with Crippen molar-refractivity contribution in [2.75, 3.05) is 7.11 Å². The fraction of sp³-hybridized carbons (Fsp3) is 0.273. The normalized spacial score (nSPS) is 11.9. The zero-order chi connectivity index (χ0) is 21.8. The average Bonchev–Trinajstić information content (AvgIpc) is 3.19. The first-order chi connectivity index (χ1) is 14.3. The predicted molar refractivity (Wildman–Crippen MR) is 114 cm³/mol. The molecule has 0 aliphatic heterocycles. The number of methoxy groups -OCH3 is 1. The van der Waals surface area contributed by atoms with Gasteiger partial charge < -0.3 is 10.1 Å². The molecule has 2 aromatic carbocycles. The number of non-ortho nitro benzene ring substituents is 1. The summed E-state index contributed by atoms with van der Waals surface area (Å²) in [6.07, 6.45) is 0. The number of carbonyl (C=O) groups is 1. The standard InChI is InChI=1S/C22H24N4O4/c1-14(2)15(3)23-22(27)21-13-20(16-5-11-19(30-4)12-6-16)24-25(21)17-7-9-18(10-8-17)26(28)29/h5-15H,1-4H3,(H,23,27)/t15-/m1/s1. The summed E-state index contributed by atoms with van der Waals surface area (Å²) in [6, 6.07) is 15.0. The van der Waals surface area contributed by atoms with Crippen molar-refractivity contribution in [2.24, 2.45) is 5.92 Å². The second kappa shape index (κ2) is 8.77. The molecule has 0 radical (unpaired) electrons. The molecule has 1 amide bonds. The van der Waals surface area contributed by atoms with E-state index < -0.39 is 4.92 Å². The van der Waals surface area contributed by atoms with Crippen LogP contribution in [0.5, 0.6) is 5.75 Å². The lowest BCUT2D eigenvalue weighted by Gasteiger charge is -2.17. The van der Waals surface area contributed by atoms with Gasteiger partial charge in [-0.15, -0.1) is 0 Å². The second-order valence-corrected chi connectivity index (χ2v) is 7.33. The van der Waals surface area contributed by atoms with Crippen LogP contribution < -0.4 is 10.1 Å². The molecule has 8 heteroatoms. The smallest absolute Gasteiger partial charge is 0.270 e. The van der Waals surface area contributed by atoms with E-state index in [0.717, 1.165) is 11.3 Å². The van der Waals surface area contributed by atoms with Gasteiger partial charge in [0.05, 0.1) is 23.4 Å². The van der Waals surface area contributed by atoms with Gasteiger partial charge >= 0.3 is 0 Å². The summed E-state index contributed by atoms with van der Waals surface area (Å²) in [4.78, 5) is 23.5. The molecule has 1 aromatic heterocycles. The largest absolute Gasteiger partial charge is 0.497 e. The highest BCUT2D eigenvalue weighted by Crippen LogP contribution is 2.25. The van der Waals surface area contributed by atoms with Crippen molar-refractivity contribution in [3.63, 3.8) is 0 Å². The summed E-state index contributed by atoms with van der Waals surface area (Å²) in [6.45, 7) is 6.00. The highest BCUT2D eigenvalue weighted by molar-refractivity contribution is 5.94.